The van der Waals surface area contributed by atoms with Gasteiger partial charge in [-0.05, 0) is 44.4 Å². The third kappa shape index (κ3) is 2.46. The van der Waals surface area contributed by atoms with Crippen molar-refractivity contribution in [2.75, 3.05) is 0 Å². The van der Waals surface area contributed by atoms with Crippen molar-refractivity contribution < 1.29 is 19.7 Å². The first-order valence-corrected chi connectivity index (χ1v) is 7.20. The van der Waals surface area contributed by atoms with Gasteiger partial charge in [0.2, 0.25) is 0 Å². The average Bonchev–Trinajstić information content (AvgIpc) is 3.15. The summed E-state index contributed by atoms with van der Waals surface area (Å²) in [5.74, 6) is -0.0787. The molecule has 6 unspecified atom stereocenters. The fourth-order valence-electron chi connectivity index (χ4n) is 3.62. The molecule has 1 aliphatic heterocycles. The summed E-state index contributed by atoms with van der Waals surface area (Å²) in [6.45, 7) is 0. The quantitative estimate of drug-likeness (QED) is 0.738. The number of hydrogen-bond acceptors (Lipinski definition) is 4. The molecule has 0 spiro atoms. The number of epoxide rings is 1. The largest absolute Gasteiger partial charge is 0.393 e. The van der Waals surface area contributed by atoms with Gasteiger partial charge in [0.05, 0.1) is 18.3 Å². The number of aliphatic hydroxyl groups is 2. The van der Waals surface area contributed by atoms with Crippen LogP contribution >= 0.6 is 0 Å². The number of hydrogen-bond donors (Lipinski definition) is 2. The molecule has 2 N–H and O–H groups in total. The third-order valence-corrected chi connectivity index (χ3v) is 4.83. The lowest BCUT2D eigenvalue weighted by Crippen LogP contribution is -2.39. The predicted octanol–water partition coefficient (Wildman–Crippen LogP) is 1.03. The smallest absolute Gasteiger partial charge is 0.164 e. The lowest BCUT2D eigenvalue weighted by atomic mass is 9.77. The molecule has 0 aromatic rings. The molecule has 4 heteroatoms. The number of carbonyl (C=O) groups excluding carboxylic acids is 1. The molecule has 0 radical (unpaired) electrons. The molecular formula is C14H22O4. The first-order chi connectivity index (χ1) is 8.65. The van der Waals surface area contributed by atoms with Crippen molar-refractivity contribution >= 4 is 5.78 Å². The molecule has 1 saturated heterocycles. The fraction of sp³-hybridized carbons (Fsp3) is 0.929. The summed E-state index contributed by atoms with van der Waals surface area (Å²) < 4.78 is 5.43. The normalized spacial score (nSPS) is 45.1. The molecule has 0 bridgehead atoms. The van der Waals surface area contributed by atoms with Crippen molar-refractivity contribution in [3.05, 3.63) is 0 Å². The van der Waals surface area contributed by atoms with Gasteiger partial charge in [-0.25, -0.2) is 0 Å². The van der Waals surface area contributed by atoms with E-state index in [2.05, 4.69) is 0 Å². The molecule has 3 rings (SSSR count). The molecule has 102 valence electrons. The zero-order valence-electron chi connectivity index (χ0n) is 10.6. The van der Waals surface area contributed by atoms with Crippen molar-refractivity contribution in [3.63, 3.8) is 0 Å². The second kappa shape index (κ2) is 4.91. The molecule has 2 saturated carbocycles. The summed E-state index contributed by atoms with van der Waals surface area (Å²) in [6, 6.07) is 0. The maximum atomic E-state index is 12.3. The van der Waals surface area contributed by atoms with Crippen LogP contribution in [-0.4, -0.2) is 40.4 Å². The number of fused-ring (bicyclic) bond motifs is 1. The van der Waals surface area contributed by atoms with Crippen LogP contribution in [0.2, 0.25) is 0 Å². The summed E-state index contributed by atoms with van der Waals surface area (Å²) in [6.07, 6.45) is 5.20. The topological polar surface area (TPSA) is 70.1 Å². The summed E-state index contributed by atoms with van der Waals surface area (Å²) in [4.78, 5) is 12.3. The fourth-order valence-corrected chi connectivity index (χ4v) is 3.62. The Hall–Kier alpha value is -0.450. The second-order valence-electron chi connectivity index (χ2n) is 6.15. The second-order valence-corrected chi connectivity index (χ2v) is 6.15. The lowest BCUT2D eigenvalue weighted by Gasteiger charge is -2.31. The van der Waals surface area contributed by atoms with E-state index in [1.165, 1.54) is 0 Å². The zero-order valence-corrected chi connectivity index (χ0v) is 10.6. The van der Waals surface area contributed by atoms with E-state index in [0.29, 0.717) is 12.5 Å². The molecule has 2 aliphatic carbocycles. The molecule has 0 aromatic heterocycles. The van der Waals surface area contributed by atoms with Gasteiger partial charge in [-0.1, -0.05) is 6.42 Å². The van der Waals surface area contributed by atoms with Crippen molar-refractivity contribution in [2.45, 2.75) is 69.4 Å². The van der Waals surface area contributed by atoms with E-state index in [0.717, 1.165) is 38.5 Å². The first-order valence-electron chi connectivity index (χ1n) is 7.20. The highest BCUT2D eigenvalue weighted by molar-refractivity contribution is 5.85. The number of aliphatic hydroxyl groups excluding tert-OH is 2. The molecule has 6 atom stereocenters. The lowest BCUT2D eigenvalue weighted by molar-refractivity contribution is -0.136. The minimum atomic E-state index is -0.875. The maximum Gasteiger partial charge on any atom is 0.164 e. The van der Waals surface area contributed by atoms with Crippen LogP contribution in [-0.2, 0) is 9.53 Å². The van der Waals surface area contributed by atoms with Gasteiger partial charge in [-0.15, -0.1) is 0 Å². The van der Waals surface area contributed by atoms with Crippen molar-refractivity contribution in [1.82, 2.24) is 0 Å². The van der Waals surface area contributed by atoms with Crippen LogP contribution in [0.5, 0.6) is 0 Å². The standard InChI is InChI=1S/C14H22O4/c15-10-3-1-2-8(6-10)13(16)14(17)9-4-5-11-12(7-9)18-11/h8-13,15-16H,1-7H2. The third-order valence-electron chi connectivity index (χ3n) is 4.83. The molecule has 4 nitrogen and oxygen atoms in total. The van der Waals surface area contributed by atoms with Gasteiger partial charge >= 0.3 is 0 Å². The van der Waals surface area contributed by atoms with Crippen molar-refractivity contribution in [1.29, 1.82) is 0 Å². The maximum absolute atomic E-state index is 12.3. The molecule has 3 fully saturated rings. The Morgan fingerprint density at radius 1 is 1.11 bits per heavy atom. The molecule has 18 heavy (non-hydrogen) atoms. The van der Waals surface area contributed by atoms with E-state index < -0.39 is 6.10 Å². The molecule has 0 amide bonds. The Morgan fingerprint density at radius 3 is 2.67 bits per heavy atom. The number of ketones is 1. The van der Waals surface area contributed by atoms with E-state index in [4.69, 9.17) is 4.74 Å². The number of carbonyl (C=O) groups is 1. The van der Waals surface area contributed by atoms with E-state index in [-0.39, 0.29) is 29.8 Å². The minimum Gasteiger partial charge on any atom is -0.393 e. The van der Waals surface area contributed by atoms with Crippen molar-refractivity contribution in [3.8, 4) is 0 Å². The number of rotatable bonds is 3. The first kappa shape index (κ1) is 12.6. The van der Waals surface area contributed by atoms with Crippen LogP contribution in [0.15, 0.2) is 0 Å². The highest BCUT2D eigenvalue weighted by atomic mass is 16.6. The number of Topliss-reactive ketones (excluding diaryl/α,β-unsaturated/α-hetero) is 1. The van der Waals surface area contributed by atoms with Gasteiger partial charge < -0.3 is 14.9 Å². The van der Waals surface area contributed by atoms with Gasteiger partial charge in [0.1, 0.15) is 6.10 Å². The Balaban J connectivity index is 1.57. The van der Waals surface area contributed by atoms with Crippen LogP contribution in [0, 0.1) is 11.8 Å². The summed E-state index contributed by atoms with van der Waals surface area (Å²) >= 11 is 0. The van der Waals surface area contributed by atoms with E-state index >= 15 is 0 Å². The summed E-state index contributed by atoms with van der Waals surface area (Å²) in [5.41, 5.74) is 0. The Morgan fingerprint density at radius 2 is 1.94 bits per heavy atom. The highest BCUT2D eigenvalue weighted by Crippen LogP contribution is 2.41. The van der Waals surface area contributed by atoms with Crippen molar-refractivity contribution in [2.24, 2.45) is 11.8 Å². The Labute approximate surface area is 107 Å². The summed E-state index contributed by atoms with van der Waals surface area (Å²) in [7, 11) is 0. The van der Waals surface area contributed by atoms with Gasteiger partial charge in [-0.3, -0.25) is 4.79 Å². The van der Waals surface area contributed by atoms with Crippen LogP contribution in [0.25, 0.3) is 0 Å². The predicted molar refractivity (Wildman–Crippen MR) is 65.0 cm³/mol. The van der Waals surface area contributed by atoms with Crippen LogP contribution in [0.4, 0.5) is 0 Å². The summed E-state index contributed by atoms with van der Waals surface area (Å²) in [5, 5.41) is 19.8. The van der Waals surface area contributed by atoms with Crippen LogP contribution in [0.3, 0.4) is 0 Å². The molecule has 1 heterocycles. The SMILES string of the molecule is O=C(C1CCC2OC2C1)C(O)C1CCCC(O)C1. The van der Waals surface area contributed by atoms with Gasteiger partial charge in [0.25, 0.3) is 0 Å². The van der Waals surface area contributed by atoms with Crippen LogP contribution in [0.1, 0.15) is 44.9 Å². The average molecular weight is 254 g/mol. The van der Waals surface area contributed by atoms with Gasteiger partial charge in [0.15, 0.2) is 5.78 Å². The van der Waals surface area contributed by atoms with Gasteiger partial charge in [-0.2, -0.15) is 0 Å². The van der Waals surface area contributed by atoms with E-state index in [1.807, 2.05) is 0 Å². The van der Waals surface area contributed by atoms with Crippen LogP contribution < -0.4 is 0 Å². The monoisotopic (exact) mass is 254 g/mol. The van der Waals surface area contributed by atoms with Gasteiger partial charge in [0, 0.05) is 5.92 Å². The van der Waals surface area contributed by atoms with E-state index in [9.17, 15) is 15.0 Å². The minimum absolute atomic E-state index is 0.0111. The molecule has 0 aromatic carbocycles. The Bertz CT molecular complexity index is 330. The molecular weight excluding hydrogens is 232 g/mol. The number of ether oxygens (including phenoxy) is 1. The zero-order chi connectivity index (χ0) is 12.7. The molecule has 3 aliphatic rings. The highest BCUT2D eigenvalue weighted by Gasteiger charge is 2.47. The van der Waals surface area contributed by atoms with E-state index in [1.54, 1.807) is 0 Å². The Kier molecular flexibility index (Phi) is 3.43.